The number of furan rings is 1. The van der Waals surface area contributed by atoms with Gasteiger partial charge in [0.1, 0.15) is 11.8 Å². The Hall–Kier alpha value is -4.05. The molecule has 0 fully saturated rings. The molecule has 1 aromatic heterocycles. The molecule has 0 bridgehead atoms. The van der Waals surface area contributed by atoms with Crippen molar-refractivity contribution in [3.63, 3.8) is 0 Å². The summed E-state index contributed by atoms with van der Waals surface area (Å²) < 4.78 is 10.4. The predicted octanol–water partition coefficient (Wildman–Crippen LogP) is 3.42. The largest absolute Gasteiger partial charge is 0.482 e. The van der Waals surface area contributed by atoms with Gasteiger partial charge in [0.15, 0.2) is 12.4 Å². The maximum absolute atomic E-state index is 12.0. The van der Waals surface area contributed by atoms with Crippen molar-refractivity contribution in [1.29, 1.82) is 5.26 Å². The van der Waals surface area contributed by atoms with Crippen LogP contribution in [0.1, 0.15) is 16.1 Å². The van der Waals surface area contributed by atoms with Gasteiger partial charge in [-0.2, -0.15) is 5.26 Å². The Morgan fingerprint density at radius 2 is 1.67 bits per heavy atom. The third-order valence-electron chi connectivity index (χ3n) is 3.54. The molecule has 2 aromatic carbocycles. The molecule has 0 unspecified atom stereocenters. The van der Waals surface area contributed by atoms with Crippen molar-refractivity contribution >= 4 is 23.2 Å². The van der Waals surface area contributed by atoms with Gasteiger partial charge >= 0.3 is 0 Å². The van der Waals surface area contributed by atoms with E-state index in [1.165, 1.54) is 6.26 Å². The van der Waals surface area contributed by atoms with Crippen LogP contribution in [0.2, 0.25) is 0 Å². The molecule has 27 heavy (non-hydrogen) atoms. The van der Waals surface area contributed by atoms with Gasteiger partial charge in [-0.05, 0) is 48.5 Å². The van der Waals surface area contributed by atoms with Gasteiger partial charge in [0.2, 0.25) is 0 Å². The zero-order valence-electron chi connectivity index (χ0n) is 14.1. The number of para-hydroxylation sites is 1. The van der Waals surface area contributed by atoms with Crippen LogP contribution in [-0.2, 0) is 4.79 Å². The van der Waals surface area contributed by atoms with Crippen LogP contribution in [0.5, 0.6) is 5.75 Å². The number of hydrogen-bond acceptors (Lipinski definition) is 5. The number of anilines is 2. The molecule has 0 aliphatic rings. The second-order valence-corrected chi connectivity index (χ2v) is 5.45. The lowest BCUT2D eigenvalue weighted by Crippen LogP contribution is -2.20. The number of carbonyl (C=O) groups excluding carboxylic acids is 2. The smallest absolute Gasteiger partial charge is 0.291 e. The maximum Gasteiger partial charge on any atom is 0.291 e. The molecule has 7 heteroatoms. The van der Waals surface area contributed by atoms with Crippen LogP contribution in [-0.4, -0.2) is 18.4 Å². The average molecular weight is 361 g/mol. The minimum Gasteiger partial charge on any atom is -0.482 e. The molecule has 0 aliphatic carbocycles. The van der Waals surface area contributed by atoms with Crippen molar-refractivity contribution in [2.24, 2.45) is 0 Å². The monoisotopic (exact) mass is 361 g/mol. The number of benzene rings is 2. The number of ether oxygens (including phenoxy) is 1. The summed E-state index contributed by atoms with van der Waals surface area (Å²) in [5.74, 6) is -0.162. The summed E-state index contributed by atoms with van der Waals surface area (Å²) in [7, 11) is 0. The van der Waals surface area contributed by atoms with Gasteiger partial charge in [-0.15, -0.1) is 0 Å². The van der Waals surface area contributed by atoms with Crippen LogP contribution < -0.4 is 15.4 Å². The Morgan fingerprint density at radius 3 is 2.33 bits per heavy atom. The van der Waals surface area contributed by atoms with Crippen LogP contribution >= 0.6 is 0 Å². The van der Waals surface area contributed by atoms with E-state index in [-0.39, 0.29) is 24.2 Å². The van der Waals surface area contributed by atoms with Crippen molar-refractivity contribution in [2.45, 2.75) is 0 Å². The Morgan fingerprint density at radius 1 is 0.963 bits per heavy atom. The molecule has 2 N–H and O–H groups in total. The van der Waals surface area contributed by atoms with Crippen molar-refractivity contribution in [3.05, 3.63) is 78.3 Å². The molecule has 7 nitrogen and oxygen atoms in total. The third kappa shape index (κ3) is 4.74. The van der Waals surface area contributed by atoms with Gasteiger partial charge in [0, 0.05) is 11.4 Å². The van der Waals surface area contributed by atoms with Crippen LogP contribution in [0, 0.1) is 11.3 Å². The molecular formula is C20H15N3O4. The molecule has 0 spiro atoms. The number of rotatable bonds is 6. The highest BCUT2D eigenvalue weighted by Crippen LogP contribution is 2.17. The number of hydrogen-bond donors (Lipinski definition) is 2. The minimum atomic E-state index is -0.366. The number of carbonyl (C=O) groups is 2. The lowest BCUT2D eigenvalue weighted by atomic mass is 10.2. The van der Waals surface area contributed by atoms with Gasteiger partial charge in [0.25, 0.3) is 11.8 Å². The Bertz CT molecular complexity index is 973. The molecule has 0 saturated heterocycles. The molecule has 3 aromatic rings. The van der Waals surface area contributed by atoms with Gasteiger partial charge in [-0.1, -0.05) is 12.1 Å². The molecule has 3 rings (SSSR count). The summed E-state index contributed by atoms with van der Waals surface area (Å²) in [6, 6.07) is 18.5. The van der Waals surface area contributed by atoms with E-state index in [9.17, 15) is 9.59 Å². The van der Waals surface area contributed by atoms with Gasteiger partial charge < -0.3 is 19.8 Å². The fourth-order valence-electron chi connectivity index (χ4n) is 2.26. The quantitative estimate of drug-likeness (QED) is 0.700. The summed E-state index contributed by atoms with van der Waals surface area (Å²) in [5.41, 5.74) is 1.48. The summed E-state index contributed by atoms with van der Waals surface area (Å²) >= 11 is 0. The van der Waals surface area contributed by atoms with E-state index in [1.54, 1.807) is 60.7 Å². The first-order valence-electron chi connectivity index (χ1n) is 8.02. The second kappa shape index (κ2) is 8.36. The first-order chi connectivity index (χ1) is 13.2. The lowest BCUT2D eigenvalue weighted by Gasteiger charge is -2.09. The number of nitriles is 1. The SMILES string of the molecule is N#Cc1ccccc1OCC(=O)Nc1ccc(NC(=O)c2ccco2)cc1. The van der Waals surface area contributed by atoms with Crippen molar-refractivity contribution in [3.8, 4) is 11.8 Å². The molecule has 0 aliphatic heterocycles. The number of nitrogens with one attached hydrogen (secondary N) is 2. The first-order valence-corrected chi connectivity index (χ1v) is 8.02. The lowest BCUT2D eigenvalue weighted by molar-refractivity contribution is -0.118. The summed E-state index contributed by atoms with van der Waals surface area (Å²) in [5, 5.41) is 14.4. The van der Waals surface area contributed by atoms with E-state index in [2.05, 4.69) is 10.6 Å². The molecule has 0 saturated carbocycles. The Labute approximate surface area is 155 Å². The van der Waals surface area contributed by atoms with Crippen LogP contribution in [0.15, 0.2) is 71.3 Å². The molecule has 0 atom stereocenters. The summed E-state index contributed by atoms with van der Waals surface area (Å²) in [6.07, 6.45) is 1.42. The highest BCUT2D eigenvalue weighted by atomic mass is 16.5. The molecule has 0 radical (unpaired) electrons. The highest BCUT2D eigenvalue weighted by Gasteiger charge is 2.09. The van der Waals surface area contributed by atoms with E-state index in [4.69, 9.17) is 14.4 Å². The first kappa shape index (κ1) is 17.8. The van der Waals surface area contributed by atoms with Crippen LogP contribution in [0.4, 0.5) is 11.4 Å². The molecular weight excluding hydrogens is 346 g/mol. The minimum absolute atomic E-state index is 0.210. The average Bonchev–Trinajstić information content (AvgIpc) is 3.23. The van der Waals surface area contributed by atoms with Gasteiger partial charge in [0.05, 0.1) is 11.8 Å². The number of nitrogens with zero attached hydrogens (tertiary/aromatic N) is 1. The van der Waals surface area contributed by atoms with Crippen LogP contribution in [0.3, 0.4) is 0 Å². The maximum atomic E-state index is 12.0. The van der Waals surface area contributed by atoms with Crippen LogP contribution in [0.25, 0.3) is 0 Å². The van der Waals surface area contributed by atoms with Gasteiger partial charge in [-0.3, -0.25) is 9.59 Å². The van der Waals surface area contributed by atoms with E-state index >= 15 is 0 Å². The highest BCUT2D eigenvalue weighted by molar-refractivity contribution is 6.02. The number of amides is 2. The van der Waals surface area contributed by atoms with E-state index in [0.717, 1.165) is 0 Å². The molecule has 1 heterocycles. The van der Waals surface area contributed by atoms with E-state index in [0.29, 0.717) is 22.7 Å². The standard InChI is InChI=1S/C20H15N3O4/c21-12-14-4-1-2-5-17(14)27-13-19(24)22-15-7-9-16(10-8-15)23-20(25)18-6-3-11-26-18/h1-11H,13H2,(H,22,24)(H,23,25). The predicted molar refractivity (Wildman–Crippen MR) is 98.4 cm³/mol. The zero-order chi connectivity index (χ0) is 19.1. The fraction of sp³-hybridized carbons (Fsp3) is 0.0500. The Balaban J connectivity index is 1.52. The van der Waals surface area contributed by atoms with Crippen molar-refractivity contribution in [1.82, 2.24) is 0 Å². The Kier molecular flexibility index (Phi) is 5.50. The fourth-order valence-corrected chi connectivity index (χ4v) is 2.26. The summed E-state index contributed by atoms with van der Waals surface area (Å²) in [4.78, 5) is 23.9. The van der Waals surface area contributed by atoms with E-state index < -0.39 is 0 Å². The topological polar surface area (TPSA) is 104 Å². The van der Waals surface area contributed by atoms with Gasteiger partial charge in [-0.25, -0.2) is 0 Å². The van der Waals surface area contributed by atoms with Crippen molar-refractivity contribution < 1.29 is 18.7 Å². The van der Waals surface area contributed by atoms with E-state index in [1.807, 2.05) is 6.07 Å². The zero-order valence-corrected chi connectivity index (χ0v) is 14.1. The van der Waals surface area contributed by atoms with Crippen molar-refractivity contribution in [2.75, 3.05) is 17.2 Å². The second-order valence-electron chi connectivity index (χ2n) is 5.45. The summed E-state index contributed by atoms with van der Waals surface area (Å²) in [6.45, 7) is -0.227. The normalized spacial score (nSPS) is 9.89. The molecule has 134 valence electrons. The molecule has 2 amide bonds. The third-order valence-corrected chi connectivity index (χ3v) is 3.54.